The highest BCUT2D eigenvalue weighted by molar-refractivity contribution is 5.70. The zero-order valence-electron chi connectivity index (χ0n) is 17.1. The number of nitrogens with zero attached hydrogens (tertiary/aromatic N) is 2. The number of likely N-dealkylation sites (tertiary alicyclic amines) is 2. The minimum Gasteiger partial charge on any atom is -0.445 e. The number of carbonyl (C=O) groups is 2. The summed E-state index contributed by atoms with van der Waals surface area (Å²) in [4.78, 5) is 29.1. The molecule has 0 aromatic heterocycles. The molecule has 0 N–H and O–H groups in total. The smallest absolute Gasteiger partial charge is 0.410 e. The van der Waals surface area contributed by atoms with Crippen molar-refractivity contribution in [2.24, 2.45) is 0 Å². The fraction of sp³-hybridized carbons (Fsp3) is 0.417. The predicted molar refractivity (Wildman–Crippen MR) is 113 cm³/mol. The van der Waals surface area contributed by atoms with E-state index in [9.17, 15) is 9.59 Å². The Bertz CT molecular complexity index is 771. The molecule has 30 heavy (non-hydrogen) atoms. The lowest BCUT2D eigenvalue weighted by molar-refractivity contribution is 0.0588. The van der Waals surface area contributed by atoms with E-state index in [0.29, 0.717) is 13.1 Å². The molecular formula is C24H28N2O4. The van der Waals surface area contributed by atoms with E-state index in [2.05, 4.69) is 0 Å². The topological polar surface area (TPSA) is 59.1 Å². The minimum atomic E-state index is -0.300. The first-order chi connectivity index (χ1) is 14.7. The first kappa shape index (κ1) is 20.3. The van der Waals surface area contributed by atoms with Crippen molar-refractivity contribution in [3.8, 4) is 0 Å². The normalized spacial score (nSPS) is 20.9. The fourth-order valence-corrected chi connectivity index (χ4v) is 4.44. The van der Waals surface area contributed by atoms with Gasteiger partial charge in [-0.25, -0.2) is 9.59 Å². The average Bonchev–Trinajstić information content (AvgIpc) is 3.46. The summed E-state index contributed by atoms with van der Waals surface area (Å²) in [7, 11) is 0. The third kappa shape index (κ3) is 4.75. The molecule has 2 aromatic carbocycles. The van der Waals surface area contributed by atoms with Gasteiger partial charge in [0.15, 0.2) is 0 Å². The molecule has 2 atom stereocenters. The number of amides is 2. The molecule has 0 radical (unpaired) electrons. The highest BCUT2D eigenvalue weighted by Gasteiger charge is 2.42. The summed E-state index contributed by atoms with van der Waals surface area (Å²) in [5.74, 6) is 0. The lowest BCUT2D eigenvalue weighted by atomic mass is 10.0. The van der Waals surface area contributed by atoms with E-state index in [4.69, 9.17) is 9.47 Å². The van der Waals surface area contributed by atoms with Gasteiger partial charge >= 0.3 is 12.2 Å². The molecule has 6 heteroatoms. The highest BCUT2D eigenvalue weighted by atomic mass is 16.6. The minimum absolute atomic E-state index is 0.0138. The highest BCUT2D eigenvalue weighted by Crippen LogP contribution is 2.31. The van der Waals surface area contributed by atoms with Crippen molar-refractivity contribution in [2.45, 2.75) is 51.0 Å². The van der Waals surface area contributed by atoms with Crippen LogP contribution in [0.1, 0.15) is 36.8 Å². The molecule has 6 nitrogen and oxygen atoms in total. The van der Waals surface area contributed by atoms with Crippen LogP contribution in [-0.2, 0) is 22.7 Å². The molecule has 0 unspecified atom stereocenters. The molecule has 2 amide bonds. The average molecular weight is 408 g/mol. The molecular weight excluding hydrogens is 380 g/mol. The van der Waals surface area contributed by atoms with Crippen LogP contribution in [0.15, 0.2) is 60.7 Å². The third-order valence-electron chi connectivity index (χ3n) is 5.92. The van der Waals surface area contributed by atoms with Crippen molar-refractivity contribution < 1.29 is 19.1 Å². The van der Waals surface area contributed by atoms with Crippen LogP contribution in [0.4, 0.5) is 9.59 Å². The second-order valence-electron chi connectivity index (χ2n) is 7.89. The van der Waals surface area contributed by atoms with E-state index >= 15 is 0 Å². The van der Waals surface area contributed by atoms with Crippen LogP contribution in [0.3, 0.4) is 0 Å². The summed E-state index contributed by atoms with van der Waals surface area (Å²) in [5.41, 5.74) is 1.93. The van der Waals surface area contributed by atoms with Gasteiger partial charge in [0.2, 0.25) is 0 Å². The van der Waals surface area contributed by atoms with Crippen molar-refractivity contribution in [1.29, 1.82) is 0 Å². The molecule has 0 aliphatic carbocycles. The number of ether oxygens (including phenoxy) is 2. The zero-order chi connectivity index (χ0) is 20.8. The predicted octanol–water partition coefficient (Wildman–Crippen LogP) is 4.59. The number of benzene rings is 2. The number of hydrogen-bond donors (Lipinski definition) is 0. The Hall–Kier alpha value is -3.02. The molecule has 4 rings (SSSR count). The van der Waals surface area contributed by atoms with E-state index in [1.165, 1.54) is 0 Å². The summed E-state index contributed by atoms with van der Waals surface area (Å²) < 4.78 is 11.1. The van der Waals surface area contributed by atoms with Gasteiger partial charge in [0.25, 0.3) is 0 Å². The summed E-state index contributed by atoms with van der Waals surface area (Å²) in [6, 6.07) is 19.3. The van der Waals surface area contributed by atoms with Gasteiger partial charge < -0.3 is 19.3 Å². The molecule has 2 aromatic rings. The van der Waals surface area contributed by atoms with Gasteiger partial charge in [0.1, 0.15) is 13.2 Å². The van der Waals surface area contributed by atoms with E-state index < -0.39 is 0 Å². The number of rotatable bonds is 5. The second kappa shape index (κ2) is 9.65. The maximum Gasteiger partial charge on any atom is 0.410 e. The van der Waals surface area contributed by atoms with Gasteiger partial charge in [-0.05, 0) is 36.8 Å². The van der Waals surface area contributed by atoms with E-state index in [-0.39, 0.29) is 37.5 Å². The van der Waals surface area contributed by atoms with Gasteiger partial charge in [0, 0.05) is 13.1 Å². The second-order valence-corrected chi connectivity index (χ2v) is 7.89. The van der Waals surface area contributed by atoms with Crippen molar-refractivity contribution in [2.75, 3.05) is 13.1 Å². The zero-order valence-corrected chi connectivity index (χ0v) is 17.1. The Morgan fingerprint density at radius 1 is 0.700 bits per heavy atom. The molecule has 2 aliphatic heterocycles. The Labute approximate surface area is 177 Å². The first-order valence-corrected chi connectivity index (χ1v) is 10.7. The van der Waals surface area contributed by atoms with Crippen molar-refractivity contribution in [3.05, 3.63) is 71.8 Å². The Balaban J connectivity index is 1.35. The molecule has 2 fully saturated rings. The first-order valence-electron chi connectivity index (χ1n) is 10.7. The van der Waals surface area contributed by atoms with Gasteiger partial charge in [-0.3, -0.25) is 0 Å². The van der Waals surface area contributed by atoms with Crippen molar-refractivity contribution in [3.63, 3.8) is 0 Å². The molecule has 0 spiro atoms. The Kier molecular flexibility index (Phi) is 6.52. The summed E-state index contributed by atoms with van der Waals surface area (Å²) in [6.45, 7) is 1.86. The largest absolute Gasteiger partial charge is 0.445 e. The van der Waals surface area contributed by atoms with Crippen LogP contribution in [0.25, 0.3) is 0 Å². The van der Waals surface area contributed by atoms with E-state index in [1.54, 1.807) is 9.80 Å². The molecule has 2 aliphatic rings. The van der Waals surface area contributed by atoms with Crippen LogP contribution in [0.5, 0.6) is 0 Å². The SMILES string of the molecule is O=C(OCc1ccccc1)N1CCC[C@@H]1[C@@H]1CCCN1C(=O)OCc1ccccc1. The molecule has 0 bridgehead atoms. The lowest BCUT2D eigenvalue weighted by Gasteiger charge is -2.34. The third-order valence-corrected chi connectivity index (χ3v) is 5.92. The molecule has 0 saturated carbocycles. The van der Waals surface area contributed by atoms with Crippen LogP contribution in [-0.4, -0.2) is 47.2 Å². The van der Waals surface area contributed by atoms with Crippen LogP contribution in [0, 0.1) is 0 Å². The lowest BCUT2D eigenvalue weighted by Crippen LogP contribution is -2.50. The Morgan fingerprint density at radius 2 is 1.10 bits per heavy atom. The Morgan fingerprint density at radius 3 is 1.50 bits per heavy atom. The van der Waals surface area contributed by atoms with Crippen molar-refractivity contribution >= 4 is 12.2 Å². The van der Waals surface area contributed by atoms with Crippen LogP contribution < -0.4 is 0 Å². The van der Waals surface area contributed by atoms with Crippen LogP contribution >= 0.6 is 0 Å². The van der Waals surface area contributed by atoms with Gasteiger partial charge in [-0.1, -0.05) is 60.7 Å². The standard InChI is InChI=1S/C24H28N2O4/c27-23(29-17-19-9-3-1-4-10-19)25-15-7-13-21(25)22-14-8-16-26(22)24(28)30-18-20-11-5-2-6-12-20/h1-6,9-12,21-22H,7-8,13-18H2/t21-,22+. The monoisotopic (exact) mass is 408 g/mol. The van der Waals surface area contributed by atoms with E-state index in [1.807, 2.05) is 60.7 Å². The number of hydrogen-bond acceptors (Lipinski definition) is 4. The maximum absolute atomic E-state index is 12.7. The van der Waals surface area contributed by atoms with Gasteiger partial charge in [-0.2, -0.15) is 0 Å². The van der Waals surface area contributed by atoms with Crippen molar-refractivity contribution in [1.82, 2.24) is 9.80 Å². The summed E-state index contributed by atoms with van der Waals surface area (Å²) in [6.07, 6.45) is 3.01. The van der Waals surface area contributed by atoms with Crippen LogP contribution in [0.2, 0.25) is 0 Å². The fourth-order valence-electron chi connectivity index (χ4n) is 4.44. The maximum atomic E-state index is 12.7. The molecule has 2 heterocycles. The van der Waals surface area contributed by atoms with Gasteiger partial charge in [-0.15, -0.1) is 0 Å². The summed E-state index contributed by atoms with van der Waals surface area (Å²) >= 11 is 0. The quantitative estimate of drug-likeness (QED) is 0.726. The number of carbonyl (C=O) groups excluding carboxylic acids is 2. The molecule has 2 saturated heterocycles. The van der Waals surface area contributed by atoms with E-state index in [0.717, 1.165) is 36.8 Å². The summed E-state index contributed by atoms with van der Waals surface area (Å²) in [5, 5.41) is 0. The molecule has 158 valence electrons. The van der Waals surface area contributed by atoms with Gasteiger partial charge in [0.05, 0.1) is 12.1 Å².